The maximum absolute atomic E-state index is 11.2. The highest BCUT2D eigenvalue weighted by molar-refractivity contribution is 6.31. The molecule has 140 valence electrons. The van der Waals surface area contributed by atoms with Gasteiger partial charge in [-0.2, -0.15) is 13.2 Å². The first-order valence-corrected chi connectivity index (χ1v) is 7.47. The molecule has 0 aliphatic heterocycles. The van der Waals surface area contributed by atoms with Crippen molar-refractivity contribution in [3.8, 4) is 0 Å². The lowest BCUT2D eigenvalue weighted by Gasteiger charge is -2.11. The highest BCUT2D eigenvalue weighted by Gasteiger charge is 2.38. The van der Waals surface area contributed by atoms with Crippen LogP contribution in [0, 0.1) is 5.41 Å². The van der Waals surface area contributed by atoms with Crippen molar-refractivity contribution < 1.29 is 27.9 Å². The van der Waals surface area contributed by atoms with Gasteiger partial charge in [-0.1, -0.05) is 41.4 Å². The van der Waals surface area contributed by atoms with Gasteiger partial charge in [-0.15, -0.1) is 0 Å². The number of carboxylic acid groups (broad SMARTS) is 1. The van der Waals surface area contributed by atoms with Crippen LogP contribution in [0.1, 0.15) is 15.9 Å². The van der Waals surface area contributed by atoms with Crippen LogP contribution in [0.3, 0.4) is 0 Å². The summed E-state index contributed by atoms with van der Waals surface area (Å²) in [6.07, 6.45) is -3.51. The van der Waals surface area contributed by atoms with Crippen molar-refractivity contribution in [1.82, 2.24) is 4.57 Å². The predicted octanol–water partition coefficient (Wildman–Crippen LogP) is 3.05. The van der Waals surface area contributed by atoms with E-state index in [0.717, 1.165) is 5.56 Å². The van der Waals surface area contributed by atoms with Crippen LogP contribution < -0.4 is 11.2 Å². The number of carbonyl (C=O) groups is 2. The van der Waals surface area contributed by atoms with E-state index in [0.29, 0.717) is 16.6 Å². The Morgan fingerprint density at radius 1 is 1.23 bits per heavy atom. The molecule has 0 aliphatic rings. The smallest absolute Gasteiger partial charge is 0.475 e. The Kier molecular flexibility index (Phi) is 7.22. The summed E-state index contributed by atoms with van der Waals surface area (Å²) < 4.78 is 33.3. The summed E-state index contributed by atoms with van der Waals surface area (Å²) in [4.78, 5) is 20.1. The van der Waals surface area contributed by atoms with Crippen LogP contribution in [-0.2, 0) is 11.3 Å². The standard InChI is InChI=1S/C13H11Cl2N3O.C2HF3O2/c14-9-5-10(13(17)19)12(16)18(7-9)6-8-3-1-2-4-11(8)15;3-2(4,5)1(6)7/h1-5,7,16H,6H2,(H2,17,19);(H,6,7). The predicted molar refractivity (Wildman–Crippen MR) is 88.1 cm³/mol. The molecular formula is C15H12Cl2F3N3O3. The average Bonchev–Trinajstić information content (AvgIpc) is 2.52. The Labute approximate surface area is 155 Å². The fourth-order valence-electron chi connectivity index (χ4n) is 1.73. The molecule has 11 heteroatoms. The molecule has 1 aromatic carbocycles. The largest absolute Gasteiger partial charge is 0.490 e. The summed E-state index contributed by atoms with van der Waals surface area (Å²) >= 11 is 12.0. The topological polar surface area (TPSA) is 109 Å². The number of benzene rings is 1. The zero-order valence-corrected chi connectivity index (χ0v) is 14.4. The van der Waals surface area contributed by atoms with E-state index < -0.39 is 18.1 Å². The van der Waals surface area contributed by atoms with Crippen molar-refractivity contribution in [2.45, 2.75) is 12.7 Å². The number of alkyl halides is 3. The number of primary amides is 1. The van der Waals surface area contributed by atoms with Crippen LogP contribution in [0.15, 0.2) is 36.5 Å². The summed E-state index contributed by atoms with van der Waals surface area (Å²) in [5.74, 6) is -3.44. The molecule has 0 radical (unpaired) electrons. The number of pyridine rings is 1. The minimum Gasteiger partial charge on any atom is -0.475 e. The molecule has 0 bridgehead atoms. The molecule has 0 saturated carbocycles. The van der Waals surface area contributed by atoms with E-state index in [1.54, 1.807) is 12.3 Å². The van der Waals surface area contributed by atoms with Gasteiger partial charge in [-0.3, -0.25) is 10.2 Å². The van der Waals surface area contributed by atoms with Gasteiger partial charge < -0.3 is 15.4 Å². The lowest BCUT2D eigenvalue weighted by atomic mass is 10.2. The minimum absolute atomic E-state index is 0.0109. The molecule has 0 unspecified atom stereocenters. The second-order valence-corrected chi connectivity index (χ2v) is 5.65. The molecule has 1 heterocycles. The Morgan fingerprint density at radius 2 is 1.77 bits per heavy atom. The molecule has 4 N–H and O–H groups in total. The Hall–Kier alpha value is -2.52. The molecule has 0 saturated heterocycles. The Morgan fingerprint density at radius 3 is 2.23 bits per heavy atom. The molecule has 0 fully saturated rings. The van der Waals surface area contributed by atoms with Crippen LogP contribution in [-0.4, -0.2) is 27.7 Å². The monoisotopic (exact) mass is 409 g/mol. The van der Waals surface area contributed by atoms with E-state index in [1.807, 2.05) is 18.2 Å². The summed E-state index contributed by atoms with van der Waals surface area (Å²) in [6.45, 7) is 0.347. The molecular weight excluding hydrogens is 398 g/mol. The van der Waals surface area contributed by atoms with E-state index in [4.69, 9.17) is 44.2 Å². The number of amides is 1. The maximum Gasteiger partial charge on any atom is 0.490 e. The third kappa shape index (κ3) is 6.08. The minimum atomic E-state index is -5.08. The van der Waals surface area contributed by atoms with Gasteiger partial charge in [-0.05, 0) is 17.7 Å². The van der Waals surface area contributed by atoms with Gasteiger partial charge in [0, 0.05) is 11.2 Å². The summed E-state index contributed by atoms with van der Waals surface area (Å²) in [5, 5.41) is 16.0. The van der Waals surface area contributed by atoms with Gasteiger partial charge in [0.1, 0.15) is 5.49 Å². The molecule has 2 aromatic rings. The Bertz CT molecular complexity index is 882. The van der Waals surface area contributed by atoms with Crippen LogP contribution in [0.2, 0.25) is 10.0 Å². The van der Waals surface area contributed by atoms with Crippen LogP contribution in [0.25, 0.3) is 0 Å². The SMILES string of the molecule is N=c1c(C(N)=O)cc(Cl)cn1Cc1ccccc1Cl.O=C(O)C(F)(F)F. The van der Waals surface area contributed by atoms with Gasteiger partial charge in [0.15, 0.2) is 0 Å². The molecule has 0 spiro atoms. The molecule has 6 nitrogen and oxygen atoms in total. The number of carbonyl (C=O) groups excluding carboxylic acids is 1. The molecule has 0 aliphatic carbocycles. The quantitative estimate of drug-likeness (QED) is 0.724. The van der Waals surface area contributed by atoms with E-state index in [-0.39, 0.29) is 11.1 Å². The van der Waals surface area contributed by atoms with Crippen molar-refractivity contribution in [1.29, 1.82) is 5.41 Å². The number of aromatic nitrogens is 1. The number of nitrogens with two attached hydrogens (primary N) is 1. The Balaban J connectivity index is 0.000000412. The molecule has 1 amide bonds. The second kappa shape index (κ2) is 8.72. The number of halogens is 5. The number of nitrogens with one attached hydrogen (secondary N) is 1. The fraction of sp³-hybridized carbons (Fsp3) is 0.133. The number of nitrogens with zero attached hydrogens (tertiary/aromatic N) is 1. The van der Waals surface area contributed by atoms with E-state index in [2.05, 4.69) is 0 Å². The van der Waals surface area contributed by atoms with E-state index in [1.165, 1.54) is 10.6 Å². The number of rotatable bonds is 3. The van der Waals surface area contributed by atoms with Gasteiger partial charge >= 0.3 is 12.1 Å². The van der Waals surface area contributed by atoms with Crippen LogP contribution >= 0.6 is 23.2 Å². The van der Waals surface area contributed by atoms with Gasteiger partial charge in [-0.25, -0.2) is 4.79 Å². The van der Waals surface area contributed by atoms with Gasteiger partial charge in [0.25, 0.3) is 5.91 Å². The van der Waals surface area contributed by atoms with Crippen molar-refractivity contribution in [2.24, 2.45) is 5.73 Å². The number of aliphatic carboxylic acids is 1. The molecule has 0 atom stereocenters. The summed E-state index contributed by atoms with van der Waals surface area (Å²) in [7, 11) is 0. The third-order valence-corrected chi connectivity index (χ3v) is 3.49. The highest BCUT2D eigenvalue weighted by atomic mass is 35.5. The lowest BCUT2D eigenvalue weighted by Crippen LogP contribution is -2.29. The molecule has 26 heavy (non-hydrogen) atoms. The second-order valence-electron chi connectivity index (χ2n) is 4.81. The van der Waals surface area contributed by atoms with Gasteiger partial charge in [0.05, 0.1) is 17.1 Å². The summed E-state index contributed by atoms with van der Waals surface area (Å²) in [6, 6.07) is 8.67. The highest BCUT2D eigenvalue weighted by Crippen LogP contribution is 2.16. The number of carboxylic acids is 1. The van der Waals surface area contributed by atoms with Crippen molar-refractivity contribution in [3.05, 3.63) is 63.2 Å². The van der Waals surface area contributed by atoms with Crippen molar-refractivity contribution in [2.75, 3.05) is 0 Å². The molecule has 2 rings (SSSR count). The van der Waals surface area contributed by atoms with E-state index in [9.17, 15) is 18.0 Å². The third-order valence-electron chi connectivity index (χ3n) is 2.91. The normalized spacial score (nSPS) is 10.7. The zero-order chi connectivity index (χ0) is 20.1. The number of hydrogen-bond donors (Lipinski definition) is 3. The fourth-order valence-corrected chi connectivity index (χ4v) is 2.16. The van der Waals surface area contributed by atoms with Crippen molar-refractivity contribution in [3.63, 3.8) is 0 Å². The first-order valence-electron chi connectivity index (χ1n) is 6.71. The maximum atomic E-state index is 11.2. The lowest BCUT2D eigenvalue weighted by molar-refractivity contribution is -0.192. The summed E-state index contributed by atoms with van der Waals surface area (Å²) in [5.41, 5.74) is 6.15. The van der Waals surface area contributed by atoms with Crippen molar-refractivity contribution >= 4 is 35.1 Å². The zero-order valence-electron chi connectivity index (χ0n) is 12.8. The van der Waals surface area contributed by atoms with E-state index >= 15 is 0 Å². The van der Waals surface area contributed by atoms with Crippen LogP contribution in [0.4, 0.5) is 13.2 Å². The van der Waals surface area contributed by atoms with Gasteiger partial charge in [0.2, 0.25) is 0 Å². The number of hydrogen-bond acceptors (Lipinski definition) is 3. The first-order chi connectivity index (χ1) is 11.9. The first kappa shape index (κ1) is 21.5. The van der Waals surface area contributed by atoms with Crippen LogP contribution in [0.5, 0.6) is 0 Å². The average molecular weight is 410 g/mol. The molecule has 1 aromatic heterocycles.